The summed E-state index contributed by atoms with van der Waals surface area (Å²) >= 11 is 0. The Hall–Kier alpha value is -1.69. The molecule has 5 nitrogen and oxygen atoms in total. The molecule has 1 fully saturated rings. The summed E-state index contributed by atoms with van der Waals surface area (Å²) in [6.45, 7) is 11.9. The number of aldehydes is 1. The average Bonchev–Trinajstić information content (AvgIpc) is 3.02. The monoisotopic (exact) mass is 362 g/mol. The highest BCUT2D eigenvalue weighted by Crippen LogP contribution is 2.18. The van der Waals surface area contributed by atoms with Crippen LogP contribution in [-0.2, 0) is 11.2 Å². The molecule has 1 saturated heterocycles. The highest BCUT2D eigenvalue weighted by Gasteiger charge is 2.28. The Balaban J connectivity index is 0.000000667. The van der Waals surface area contributed by atoms with Crippen LogP contribution in [0.2, 0.25) is 0 Å². The number of nitrogens with zero attached hydrogens (tertiary/aromatic N) is 1. The van der Waals surface area contributed by atoms with E-state index in [1.54, 1.807) is 0 Å². The summed E-state index contributed by atoms with van der Waals surface area (Å²) in [6.07, 6.45) is 3.53. The molecule has 1 heterocycles. The summed E-state index contributed by atoms with van der Waals surface area (Å²) in [5.74, 6) is 0. The molecule has 2 unspecified atom stereocenters. The average molecular weight is 363 g/mol. The first kappa shape index (κ1) is 24.3. The minimum atomic E-state index is -0.245. The molecule has 1 aliphatic heterocycles. The molecule has 0 saturated carbocycles. The number of hydrogen-bond donors (Lipinski definition) is 3. The van der Waals surface area contributed by atoms with Crippen LogP contribution in [0.4, 0.5) is 0 Å². The van der Waals surface area contributed by atoms with Crippen molar-refractivity contribution < 1.29 is 4.79 Å². The Bertz CT molecular complexity index is 492. The number of likely N-dealkylation sites (N-methyl/N-ethyl adjacent to an activating group) is 1. The standard InChI is InChI=1S/C15H23N3.C4H9NO.C2H6/c1-12(15-10-14(16)11-18(15)2)17-9-8-13-6-4-3-5-7-13;1-2-4(5)3-6;1-2/h3-7,14-15,17H,1,8-11,16H2,2H3;3-4H,2,5H2,1H3;1-2H3/t;4-;/m.0./s1. The van der Waals surface area contributed by atoms with E-state index in [0.29, 0.717) is 6.04 Å². The summed E-state index contributed by atoms with van der Waals surface area (Å²) in [5.41, 5.74) is 13.5. The van der Waals surface area contributed by atoms with Crippen molar-refractivity contribution in [1.29, 1.82) is 0 Å². The largest absolute Gasteiger partial charge is 0.387 e. The number of carbonyl (C=O) groups excluding carboxylic acids is 1. The molecule has 0 amide bonds. The number of rotatable bonds is 7. The van der Waals surface area contributed by atoms with Gasteiger partial charge in [-0.2, -0.15) is 0 Å². The molecule has 0 spiro atoms. The van der Waals surface area contributed by atoms with E-state index in [0.717, 1.165) is 44.3 Å². The Kier molecular flexibility index (Phi) is 13.5. The van der Waals surface area contributed by atoms with Gasteiger partial charge in [-0.1, -0.05) is 57.7 Å². The first-order chi connectivity index (χ1) is 12.5. The molecule has 148 valence electrons. The SMILES string of the molecule is C=C(NCCc1ccccc1)C1CC(N)CN1C.CC.CC[C@H](N)C=O. The topological polar surface area (TPSA) is 84.4 Å². The third-order valence-corrected chi connectivity index (χ3v) is 4.24. The molecule has 0 aromatic heterocycles. The van der Waals surface area contributed by atoms with Crippen LogP contribution in [0.15, 0.2) is 42.6 Å². The second-order valence-corrected chi connectivity index (χ2v) is 6.35. The number of benzene rings is 1. The van der Waals surface area contributed by atoms with Crippen LogP contribution in [0, 0.1) is 0 Å². The maximum atomic E-state index is 9.61. The van der Waals surface area contributed by atoms with Crippen molar-refractivity contribution in [3.63, 3.8) is 0 Å². The van der Waals surface area contributed by atoms with Crippen molar-refractivity contribution in [2.45, 2.75) is 58.2 Å². The number of nitrogens with one attached hydrogen (secondary N) is 1. The number of nitrogens with two attached hydrogens (primary N) is 2. The van der Waals surface area contributed by atoms with Gasteiger partial charge in [0.2, 0.25) is 0 Å². The van der Waals surface area contributed by atoms with E-state index in [2.05, 4.69) is 48.1 Å². The van der Waals surface area contributed by atoms with Gasteiger partial charge in [-0.15, -0.1) is 0 Å². The molecular formula is C21H38N4O. The predicted molar refractivity (Wildman–Crippen MR) is 112 cm³/mol. The van der Waals surface area contributed by atoms with E-state index >= 15 is 0 Å². The van der Waals surface area contributed by atoms with Gasteiger partial charge in [0.15, 0.2) is 0 Å². The summed E-state index contributed by atoms with van der Waals surface area (Å²) < 4.78 is 0. The van der Waals surface area contributed by atoms with Crippen molar-refractivity contribution in [2.75, 3.05) is 20.1 Å². The fraction of sp³-hybridized carbons (Fsp3) is 0.571. The molecule has 0 radical (unpaired) electrons. The van der Waals surface area contributed by atoms with Gasteiger partial charge in [0.25, 0.3) is 0 Å². The molecular weight excluding hydrogens is 324 g/mol. The van der Waals surface area contributed by atoms with Crippen LogP contribution in [0.3, 0.4) is 0 Å². The van der Waals surface area contributed by atoms with Gasteiger partial charge < -0.3 is 21.6 Å². The smallest absolute Gasteiger partial charge is 0.136 e. The maximum Gasteiger partial charge on any atom is 0.136 e. The molecule has 0 aliphatic carbocycles. The molecule has 1 aromatic carbocycles. The summed E-state index contributed by atoms with van der Waals surface area (Å²) in [4.78, 5) is 11.9. The van der Waals surface area contributed by atoms with Gasteiger partial charge >= 0.3 is 0 Å². The molecule has 5 heteroatoms. The molecule has 0 bridgehead atoms. The normalized spacial score (nSPS) is 20.1. The van der Waals surface area contributed by atoms with Crippen molar-refractivity contribution in [1.82, 2.24) is 10.2 Å². The summed E-state index contributed by atoms with van der Waals surface area (Å²) in [6, 6.07) is 10.9. The molecule has 1 aromatic rings. The van der Waals surface area contributed by atoms with E-state index in [-0.39, 0.29) is 12.1 Å². The van der Waals surface area contributed by atoms with E-state index in [1.807, 2.05) is 26.8 Å². The lowest BCUT2D eigenvalue weighted by Crippen LogP contribution is -2.33. The van der Waals surface area contributed by atoms with Crippen molar-refractivity contribution in [2.24, 2.45) is 11.5 Å². The fourth-order valence-electron chi connectivity index (χ4n) is 2.67. The zero-order chi connectivity index (χ0) is 19.9. The zero-order valence-electron chi connectivity index (χ0n) is 16.9. The molecule has 2 rings (SSSR count). The molecule has 3 atom stereocenters. The van der Waals surface area contributed by atoms with Crippen LogP contribution >= 0.6 is 0 Å². The first-order valence-corrected chi connectivity index (χ1v) is 9.61. The van der Waals surface area contributed by atoms with Gasteiger partial charge in [-0.3, -0.25) is 4.90 Å². The number of likely N-dealkylation sites (tertiary alicyclic amines) is 1. The van der Waals surface area contributed by atoms with Crippen molar-refractivity contribution in [3.05, 3.63) is 48.2 Å². The fourth-order valence-corrected chi connectivity index (χ4v) is 2.67. The van der Waals surface area contributed by atoms with Crippen LogP contribution in [-0.4, -0.2) is 49.4 Å². The quantitative estimate of drug-likeness (QED) is 0.648. The van der Waals surface area contributed by atoms with Crippen LogP contribution in [0.1, 0.15) is 39.2 Å². The van der Waals surface area contributed by atoms with Crippen LogP contribution in [0.5, 0.6) is 0 Å². The lowest BCUT2D eigenvalue weighted by Gasteiger charge is -2.22. The third-order valence-electron chi connectivity index (χ3n) is 4.24. The van der Waals surface area contributed by atoms with Gasteiger partial charge in [0, 0.05) is 24.8 Å². The van der Waals surface area contributed by atoms with E-state index in [4.69, 9.17) is 11.5 Å². The Morgan fingerprint density at radius 3 is 2.42 bits per heavy atom. The Morgan fingerprint density at radius 1 is 1.38 bits per heavy atom. The minimum absolute atomic E-state index is 0.245. The van der Waals surface area contributed by atoms with E-state index in [1.165, 1.54) is 5.56 Å². The van der Waals surface area contributed by atoms with Crippen molar-refractivity contribution >= 4 is 6.29 Å². The van der Waals surface area contributed by atoms with Crippen molar-refractivity contribution in [3.8, 4) is 0 Å². The van der Waals surface area contributed by atoms with E-state index in [9.17, 15) is 4.79 Å². The molecule has 1 aliphatic rings. The lowest BCUT2D eigenvalue weighted by atomic mass is 10.1. The highest BCUT2D eigenvalue weighted by atomic mass is 16.1. The van der Waals surface area contributed by atoms with Crippen LogP contribution < -0.4 is 16.8 Å². The zero-order valence-corrected chi connectivity index (χ0v) is 16.9. The van der Waals surface area contributed by atoms with E-state index < -0.39 is 0 Å². The lowest BCUT2D eigenvalue weighted by molar-refractivity contribution is -0.108. The first-order valence-electron chi connectivity index (χ1n) is 9.61. The van der Waals surface area contributed by atoms with Gasteiger partial charge in [-0.05, 0) is 31.9 Å². The Labute approximate surface area is 159 Å². The molecule has 5 N–H and O–H groups in total. The second-order valence-electron chi connectivity index (χ2n) is 6.35. The maximum absolute atomic E-state index is 9.61. The Morgan fingerprint density at radius 2 is 2.00 bits per heavy atom. The third kappa shape index (κ3) is 9.70. The summed E-state index contributed by atoms with van der Waals surface area (Å²) in [7, 11) is 2.11. The number of carbonyl (C=O) groups is 1. The highest BCUT2D eigenvalue weighted by molar-refractivity contribution is 5.56. The summed E-state index contributed by atoms with van der Waals surface area (Å²) in [5, 5.41) is 3.43. The minimum Gasteiger partial charge on any atom is -0.387 e. The second kappa shape index (κ2) is 14.5. The van der Waals surface area contributed by atoms with Crippen LogP contribution in [0.25, 0.3) is 0 Å². The molecule has 26 heavy (non-hydrogen) atoms. The predicted octanol–water partition coefficient (Wildman–Crippen LogP) is 2.31. The number of hydrogen-bond acceptors (Lipinski definition) is 5. The van der Waals surface area contributed by atoms with Gasteiger partial charge in [0.1, 0.15) is 6.29 Å². The van der Waals surface area contributed by atoms with Gasteiger partial charge in [0.05, 0.1) is 12.1 Å². The van der Waals surface area contributed by atoms with Gasteiger partial charge in [-0.25, -0.2) is 0 Å².